The Balaban J connectivity index is 1.94. The van der Waals surface area contributed by atoms with Crippen molar-refractivity contribution in [2.75, 3.05) is 11.9 Å². The minimum atomic E-state index is -0.590. The van der Waals surface area contributed by atoms with Crippen molar-refractivity contribution in [3.63, 3.8) is 0 Å². The summed E-state index contributed by atoms with van der Waals surface area (Å²) in [6, 6.07) is 4.75. The predicted molar refractivity (Wildman–Crippen MR) is 76.7 cm³/mol. The lowest BCUT2D eigenvalue weighted by Gasteiger charge is -2.20. The number of hydrogen-bond acceptors (Lipinski definition) is 3. The summed E-state index contributed by atoms with van der Waals surface area (Å²) in [7, 11) is 0. The third-order valence-corrected chi connectivity index (χ3v) is 3.65. The second kappa shape index (κ2) is 5.31. The smallest absolute Gasteiger partial charge is 0.170 e. The number of halogens is 2. The monoisotopic (exact) mass is 290 g/mol. The molecule has 1 fully saturated rings. The van der Waals surface area contributed by atoms with E-state index in [0.717, 1.165) is 18.4 Å². The number of anilines is 1. The molecule has 2 N–H and O–H groups in total. The van der Waals surface area contributed by atoms with E-state index < -0.39 is 11.6 Å². The Hall–Kier alpha value is -2.17. The number of aryl methyl sites for hydroxylation is 1. The van der Waals surface area contributed by atoms with Crippen LogP contribution in [0.3, 0.4) is 0 Å². The molecule has 0 spiro atoms. The topological polar surface area (TPSA) is 41.1 Å². The molecule has 0 amide bonds. The molecule has 0 unspecified atom stereocenters. The van der Waals surface area contributed by atoms with E-state index >= 15 is 0 Å². The maximum atomic E-state index is 14.0. The third kappa shape index (κ3) is 2.82. The Morgan fingerprint density at radius 1 is 1.33 bits per heavy atom. The molecule has 0 atom stereocenters. The molecule has 2 aliphatic rings. The number of carbonyl (C=O) groups excluding carboxylic acids is 1. The largest absolute Gasteiger partial charge is 0.383 e. The molecule has 1 saturated carbocycles. The molecule has 0 aromatic heterocycles. The summed E-state index contributed by atoms with van der Waals surface area (Å²) in [4.78, 5) is 12.2. The molecule has 21 heavy (non-hydrogen) atoms. The molecule has 0 radical (unpaired) electrons. The maximum Gasteiger partial charge on any atom is 0.170 e. The van der Waals surface area contributed by atoms with Gasteiger partial charge in [0.25, 0.3) is 0 Å². The average Bonchev–Trinajstić information content (AvgIpc) is 3.26. The Morgan fingerprint density at radius 2 is 2.10 bits per heavy atom. The van der Waals surface area contributed by atoms with Gasteiger partial charge in [0, 0.05) is 17.8 Å². The zero-order chi connectivity index (χ0) is 15.0. The van der Waals surface area contributed by atoms with Crippen LogP contribution >= 0.6 is 0 Å². The molecular formula is C16H16F2N2O. The molecule has 5 heteroatoms. The van der Waals surface area contributed by atoms with Crippen LogP contribution in [0.4, 0.5) is 14.5 Å². The molecule has 1 aromatic carbocycles. The molecule has 110 valence electrons. The normalized spacial score (nSPS) is 18.1. The van der Waals surface area contributed by atoms with Gasteiger partial charge in [0.15, 0.2) is 11.6 Å². The molecule has 3 rings (SSSR count). The van der Waals surface area contributed by atoms with Gasteiger partial charge in [-0.25, -0.2) is 8.78 Å². The number of dihydropyridines is 1. The zero-order valence-corrected chi connectivity index (χ0v) is 11.7. The van der Waals surface area contributed by atoms with Crippen LogP contribution < -0.4 is 10.6 Å². The summed E-state index contributed by atoms with van der Waals surface area (Å²) < 4.78 is 27.9. The fourth-order valence-electron chi connectivity index (χ4n) is 2.35. The molecule has 0 bridgehead atoms. The fraction of sp³-hybridized carbons (Fsp3) is 0.312. The molecule has 0 saturated heterocycles. The van der Waals surface area contributed by atoms with E-state index in [4.69, 9.17) is 0 Å². The number of Topliss-reactive ketones (excluding diaryl/α,β-unsaturated/α-hetero) is 1. The highest BCUT2D eigenvalue weighted by Crippen LogP contribution is 2.36. The number of allylic oxidation sites excluding steroid dienone is 2. The van der Waals surface area contributed by atoms with E-state index in [-0.39, 0.29) is 29.5 Å². The van der Waals surface area contributed by atoms with E-state index in [1.165, 1.54) is 12.3 Å². The van der Waals surface area contributed by atoms with Crippen molar-refractivity contribution in [1.29, 1.82) is 0 Å². The van der Waals surface area contributed by atoms with Gasteiger partial charge in [-0.1, -0.05) is 6.07 Å². The van der Waals surface area contributed by atoms with Gasteiger partial charge in [-0.05, 0) is 37.5 Å². The summed E-state index contributed by atoms with van der Waals surface area (Å²) in [5.74, 6) is -1.29. The number of carbonyl (C=O) groups is 1. The van der Waals surface area contributed by atoms with Crippen LogP contribution in [-0.4, -0.2) is 12.3 Å². The highest BCUT2D eigenvalue weighted by molar-refractivity contribution is 6.03. The highest BCUT2D eigenvalue weighted by atomic mass is 19.1. The van der Waals surface area contributed by atoms with E-state index in [9.17, 15) is 13.6 Å². The van der Waals surface area contributed by atoms with Crippen LogP contribution in [-0.2, 0) is 4.79 Å². The van der Waals surface area contributed by atoms with E-state index in [1.807, 2.05) is 0 Å². The standard InChI is InChI=1S/C16H16F2N2O/c1-9-2-5-13(11(17)6-9)20-14-8-19-7-12(18)15(14)16(21)10-3-4-10/h2,5-7,10,19-20H,3-4,8H2,1H3. The minimum absolute atomic E-state index is 0.0521. The lowest BCUT2D eigenvalue weighted by Crippen LogP contribution is -2.26. The Kier molecular flexibility index (Phi) is 3.49. The van der Waals surface area contributed by atoms with Gasteiger partial charge in [-0.15, -0.1) is 0 Å². The molecule has 3 nitrogen and oxygen atoms in total. The molecular weight excluding hydrogens is 274 g/mol. The van der Waals surface area contributed by atoms with Crippen molar-refractivity contribution in [2.45, 2.75) is 19.8 Å². The van der Waals surface area contributed by atoms with Crippen LogP contribution in [0, 0.1) is 18.7 Å². The lowest BCUT2D eigenvalue weighted by molar-refractivity contribution is -0.116. The maximum absolute atomic E-state index is 14.0. The first-order valence-electron chi connectivity index (χ1n) is 6.96. The molecule has 1 aliphatic heterocycles. The SMILES string of the molecule is Cc1ccc(NC2=C(C(=O)C3CC3)C(F)=CNC2)c(F)c1. The first kappa shape index (κ1) is 13.8. The van der Waals surface area contributed by atoms with Crippen molar-refractivity contribution in [1.82, 2.24) is 5.32 Å². The van der Waals surface area contributed by atoms with Crippen LogP contribution in [0.2, 0.25) is 0 Å². The van der Waals surface area contributed by atoms with Crippen molar-refractivity contribution >= 4 is 11.5 Å². The Morgan fingerprint density at radius 3 is 2.76 bits per heavy atom. The third-order valence-electron chi connectivity index (χ3n) is 3.65. The second-order valence-corrected chi connectivity index (χ2v) is 5.47. The Labute approximate surface area is 121 Å². The second-order valence-electron chi connectivity index (χ2n) is 5.47. The summed E-state index contributed by atoms with van der Waals surface area (Å²) in [5.41, 5.74) is 1.48. The molecule has 1 aromatic rings. The summed E-state index contributed by atoms with van der Waals surface area (Å²) in [6.07, 6.45) is 2.79. The summed E-state index contributed by atoms with van der Waals surface area (Å²) >= 11 is 0. The average molecular weight is 290 g/mol. The number of nitrogens with one attached hydrogen (secondary N) is 2. The number of hydrogen-bond donors (Lipinski definition) is 2. The van der Waals surface area contributed by atoms with E-state index in [2.05, 4.69) is 10.6 Å². The fourth-order valence-corrected chi connectivity index (χ4v) is 2.35. The predicted octanol–water partition coefficient (Wildman–Crippen LogP) is 3.19. The lowest BCUT2D eigenvalue weighted by atomic mass is 10.0. The summed E-state index contributed by atoms with van der Waals surface area (Å²) in [5, 5.41) is 5.61. The highest BCUT2D eigenvalue weighted by Gasteiger charge is 2.35. The van der Waals surface area contributed by atoms with Gasteiger partial charge in [0.05, 0.1) is 17.8 Å². The quantitative estimate of drug-likeness (QED) is 0.894. The molecule has 1 aliphatic carbocycles. The van der Waals surface area contributed by atoms with Crippen molar-refractivity contribution in [2.24, 2.45) is 5.92 Å². The van der Waals surface area contributed by atoms with E-state index in [0.29, 0.717) is 5.70 Å². The Bertz CT molecular complexity index is 660. The van der Waals surface area contributed by atoms with Crippen LogP contribution in [0.1, 0.15) is 18.4 Å². The number of rotatable bonds is 4. The molecule has 1 heterocycles. The first-order chi connectivity index (χ1) is 10.1. The summed E-state index contributed by atoms with van der Waals surface area (Å²) in [6.45, 7) is 2.06. The number of ketones is 1. The van der Waals surface area contributed by atoms with Gasteiger partial charge in [-0.3, -0.25) is 4.79 Å². The van der Waals surface area contributed by atoms with Crippen molar-refractivity contribution < 1.29 is 13.6 Å². The van der Waals surface area contributed by atoms with Crippen LogP contribution in [0.5, 0.6) is 0 Å². The number of benzene rings is 1. The van der Waals surface area contributed by atoms with Gasteiger partial charge >= 0.3 is 0 Å². The van der Waals surface area contributed by atoms with Gasteiger partial charge < -0.3 is 10.6 Å². The minimum Gasteiger partial charge on any atom is -0.383 e. The zero-order valence-electron chi connectivity index (χ0n) is 11.7. The van der Waals surface area contributed by atoms with Crippen LogP contribution in [0.15, 0.2) is 41.5 Å². The van der Waals surface area contributed by atoms with Crippen molar-refractivity contribution in [3.8, 4) is 0 Å². The van der Waals surface area contributed by atoms with Gasteiger partial charge in [0.2, 0.25) is 0 Å². The van der Waals surface area contributed by atoms with E-state index in [1.54, 1.807) is 19.1 Å². The van der Waals surface area contributed by atoms with Gasteiger partial charge in [0.1, 0.15) is 5.82 Å². The van der Waals surface area contributed by atoms with Gasteiger partial charge in [-0.2, -0.15) is 0 Å². The first-order valence-corrected chi connectivity index (χ1v) is 6.96. The van der Waals surface area contributed by atoms with Crippen molar-refractivity contribution in [3.05, 3.63) is 52.9 Å². The van der Waals surface area contributed by atoms with Crippen LogP contribution in [0.25, 0.3) is 0 Å².